The summed E-state index contributed by atoms with van der Waals surface area (Å²) in [6.07, 6.45) is 1.62. The molecule has 19 heavy (non-hydrogen) atoms. The summed E-state index contributed by atoms with van der Waals surface area (Å²) < 4.78 is 7.12. The Morgan fingerprint density at radius 3 is 3.00 bits per heavy atom. The van der Waals surface area contributed by atoms with Gasteiger partial charge in [-0.3, -0.25) is 0 Å². The van der Waals surface area contributed by atoms with E-state index in [-0.39, 0.29) is 0 Å². The van der Waals surface area contributed by atoms with Gasteiger partial charge in [-0.05, 0) is 23.6 Å². The molecule has 94 valence electrons. The van der Waals surface area contributed by atoms with Gasteiger partial charge in [-0.25, -0.2) is 0 Å². The molecule has 4 heterocycles. The number of furan rings is 1. The zero-order valence-electron chi connectivity index (χ0n) is 9.68. The minimum absolute atomic E-state index is 0.640. The Labute approximate surface area is 117 Å². The molecule has 1 aliphatic heterocycles. The Bertz CT molecular complexity index is 728. The number of nitrogens with zero attached hydrogens (tertiary/aromatic N) is 4. The summed E-state index contributed by atoms with van der Waals surface area (Å²) in [5.41, 5.74) is 1.04. The number of aromatic nitrogens is 3. The predicted octanol–water partition coefficient (Wildman–Crippen LogP) is 2.96. The van der Waals surface area contributed by atoms with Gasteiger partial charge in [-0.1, -0.05) is 17.8 Å². The van der Waals surface area contributed by atoms with Crippen molar-refractivity contribution >= 4 is 28.8 Å². The number of rotatable bonds is 2. The number of fused-ring (bicyclic) bond motifs is 1. The first-order valence-corrected chi connectivity index (χ1v) is 7.52. The van der Waals surface area contributed by atoms with Crippen LogP contribution >= 0.6 is 23.1 Å². The maximum absolute atomic E-state index is 5.37. The molecule has 0 aliphatic carbocycles. The van der Waals surface area contributed by atoms with Gasteiger partial charge in [0.15, 0.2) is 5.76 Å². The first kappa shape index (κ1) is 11.0. The summed E-state index contributed by atoms with van der Waals surface area (Å²) in [6.45, 7) is 0. The molecule has 7 heteroatoms. The van der Waals surface area contributed by atoms with E-state index < -0.39 is 0 Å². The molecular weight excluding hydrogens is 280 g/mol. The molecule has 0 radical (unpaired) electrons. The largest absolute Gasteiger partial charge is 0.461 e. The summed E-state index contributed by atoms with van der Waals surface area (Å²) in [5.74, 6) is 2.13. The van der Waals surface area contributed by atoms with Crippen molar-refractivity contribution < 1.29 is 4.42 Å². The summed E-state index contributed by atoms with van der Waals surface area (Å²) in [6, 6.07) is 7.79. The highest BCUT2D eigenvalue weighted by molar-refractivity contribution is 7.99. The molecular formula is C12H8N4OS2. The lowest BCUT2D eigenvalue weighted by Gasteiger charge is -2.11. The van der Waals surface area contributed by atoms with Crippen LogP contribution in [0.2, 0.25) is 0 Å². The van der Waals surface area contributed by atoms with E-state index in [1.807, 2.05) is 18.2 Å². The zero-order valence-corrected chi connectivity index (χ0v) is 11.3. The second kappa shape index (κ2) is 4.36. The van der Waals surface area contributed by atoms with Gasteiger partial charge in [0.05, 0.1) is 16.9 Å². The van der Waals surface area contributed by atoms with E-state index in [1.165, 1.54) is 4.88 Å². The quantitative estimate of drug-likeness (QED) is 0.727. The highest BCUT2D eigenvalue weighted by Crippen LogP contribution is 2.29. The predicted molar refractivity (Wildman–Crippen MR) is 74.7 cm³/mol. The van der Waals surface area contributed by atoms with Gasteiger partial charge in [-0.15, -0.1) is 21.5 Å². The maximum atomic E-state index is 5.37. The lowest BCUT2D eigenvalue weighted by molar-refractivity contribution is 0.571. The molecule has 3 aromatic rings. The first-order valence-electron chi connectivity index (χ1n) is 5.65. The summed E-state index contributed by atoms with van der Waals surface area (Å²) in [4.78, 5) is 1.18. The average Bonchev–Trinajstić information content (AvgIpc) is 3.18. The van der Waals surface area contributed by atoms with Crippen LogP contribution in [0.15, 0.2) is 50.6 Å². The minimum Gasteiger partial charge on any atom is -0.461 e. The van der Waals surface area contributed by atoms with Gasteiger partial charge >= 0.3 is 0 Å². The highest BCUT2D eigenvalue weighted by atomic mass is 32.2. The van der Waals surface area contributed by atoms with Crippen molar-refractivity contribution in [2.24, 2.45) is 5.10 Å². The van der Waals surface area contributed by atoms with Gasteiger partial charge in [-0.2, -0.15) is 9.78 Å². The van der Waals surface area contributed by atoms with Gasteiger partial charge in [0.1, 0.15) is 0 Å². The second-order valence-corrected chi connectivity index (χ2v) is 5.80. The van der Waals surface area contributed by atoms with Gasteiger partial charge in [0.25, 0.3) is 0 Å². The fourth-order valence-electron chi connectivity index (χ4n) is 1.85. The van der Waals surface area contributed by atoms with Crippen molar-refractivity contribution in [1.82, 2.24) is 14.9 Å². The van der Waals surface area contributed by atoms with E-state index in [2.05, 4.69) is 26.7 Å². The van der Waals surface area contributed by atoms with Crippen LogP contribution in [0.4, 0.5) is 0 Å². The Morgan fingerprint density at radius 1 is 1.21 bits per heavy atom. The summed E-state index contributed by atoms with van der Waals surface area (Å²) in [7, 11) is 0. The Hall–Kier alpha value is -1.86. The van der Waals surface area contributed by atoms with E-state index in [0.29, 0.717) is 11.6 Å². The topological polar surface area (TPSA) is 56.2 Å². The molecule has 0 fully saturated rings. The summed E-state index contributed by atoms with van der Waals surface area (Å²) in [5, 5.41) is 15.8. The second-order valence-electron chi connectivity index (χ2n) is 3.91. The molecule has 0 N–H and O–H groups in total. The fourth-order valence-corrected chi connectivity index (χ4v) is 3.48. The smallest absolute Gasteiger partial charge is 0.221 e. The molecule has 3 aromatic heterocycles. The van der Waals surface area contributed by atoms with E-state index in [4.69, 9.17) is 4.42 Å². The Balaban J connectivity index is 1.84. The average molecular weight is 288 g/mol. The molecule has 0 unspecified atom stereocenters. The van der Waals surface area contributed by atoms with Crippen LogP contribution in [0.3, 0.4) is 0 Å². The van der Waals surface area contributed by atoms with Crippen LogP contribution < -0.4 is 0 Å². The van der Waals surface area contributed by atoms with Crippen LogP contribution in [0, 0.1) is 0 Å². The number of hydrogen-bond donors (Lipinski definition) is 0. The van der Waals surface area contributed by atoms with Crippen LogP contribution in [0.5, 0.6) is 0 Å². The molecule has 0 bridgehead atoms. The van der Waals surface area contributed by atoms with Crippen LogP contribution in [0.25, 0.3) is 11.6 Å². The molecule has 0 amide bonds. The van der Waals surface area contributed by atoms with Crippen LogP contribution in [0.1, 0.15) is 4.88 Å². The third kappa shape index (κ3) is 1.82. The molecule has 1 aliphatic rings. The van der Waals surface area contributed by atoms with Crippen molar-refractivity contribution in [1.29, 1.82) is 0 Å². The molecule has 0 aromatic carbocycles. The molecule has 0 saturated carbocycles. The van der Waals surface area contributed by atoms with Crippen molar-refractivity contribution in [2.45, 2.75) is 5.16 Å². The lowest BCUT2D eigenvalue weighted by Crippen LogP contribution is -2.12. The van der Waals surface area contributed by atoms with Crippen molar-refractivity contribution in [3.05, 3.63) is 40.8 Å². The third-order valence-corrected chi connectivity index (χ3v) is 4.57. The van der Waals surface area contributed by atoms with Crippen molar-refractivity contribution in [3.63, 3.8) is 0 Å². The SMILES string of the molecule is c1coc(-c2nnc3n2N=C(c2cccs2)CS3)c1. The standard InChI is InChI=1S/C12H8N4OS2/c1-3-9(17-5-1)11-13-14-12-16(11)15-8(7-19-12)10-4-2-6-18-10/h1-6H,7H2. The van der Waals surface area contributed by atoms with E-state index >= 15 is 0 Å². The van der Waals surface area contributed by atoms with Crippen molar-refractivity contribution in [3.8, 4) is 11.6 Å². The highest BCUT2D eigenvalue weighted by Gasteiger charge is 2.22. The Kier molecular flexibility index (Phi) is 2.52. The zero-order chi connectivity index (χ0) is 12.7. The fraction of sp³-hybridized carbons (Fsp3) is 0.0833. The minimum atomic E-state index is 0.640. The lowest BCUT2D eigenvalue weighted by atomic mass is 10.3. The van der Waals surface area contributed by atoms with E-state index in [0.717, 1.165) is 16.6 Å². The van der Waals surface area contributed by atoms with Crippen molar-refractivity contribution in [2.75, 3.05) is 5.75 Å². The first-order chi connectivity index (χ1) is 9.42. The normalized spacial score (nSPS) is 14.2. The molecule has 5 nitrogen and oxygen atoms in total. The van der Waals surface area contributed by atoms with Crippen LogP contribution in [-0.2, 0) is 0 Å². The van der Waals surface area contributed by atoms with Gasteiger partial charge in [0.2, 0.25) is 11.0 Å². The summed E-state index contributed by atoms with van der Waals surface area (Å²) >= 11 is 3.33. The monoisotopic (exact) mass is 288 g/mol. The maximum Gasteiger partial charge on any atom is 0.221 e. The Morgan fingerprint density at radius 2 is 2.21 bits per heavy atom. The van der Waals surface area contributed by atoms with E-state index in [1.54, 1.807) is 34.0 Å². The van der Waals surface area contributed by atoms with Gasteiger partial charge in [0, 0.05) is 5.75 Å². The van der Waals surface area contributed by atoms with E-state index in [9.17, 15) is 0 Å². The molecule has 0 saturated heterocycles. The third-order valence-electron chi connectivity index (χ3n) is 2.72. The van der Waals surface area contributed by atoms with Crippen LogP contribution in [-0.4, -0.2) is 26.3 Å². The van der Waals surface area contributed by atoms with Gasteiger partial charge < -0.3 is 4.42 Å². The number of hydrogen-bond acceptors (Lipinski definition) is 6. The molecule has 4 rings (SSSR count). The molecule has 0 spiro atoms. The number of thiophene rings is 1. The molecule has 0 atom stereocenters. The number of thioether (sulfide) groups is 1.